The van der Waals surface area contributed by atoms with Gasteiger partial charge in [-0.3, -0.25) is 0 Å². The van der Waals surface area contributed by atoms with Crippen LogP contribution in [0.1, 0.15) is 30.7 Å². The number of para-hydroxylation sites is 2. The third-order valence-corrected chi connectivity index (χ3v) is 7.72. The van der Waals surface area contributed by atoms with Crippen molar-refractivity contribution in [1.29, 1.82) is 0 Å². The minimum Gasteiger partial charge on any atom is -0.362 e. The second kappa shape index (κ2) is 17.1. The van der Waals surface area contributed by atoms with Crippen LogP contribution in [0.3, 0.4) is 0 Å². The molecule has 3 N–H and O–H groups in total. The van der Waals surface area contributed by atoms with E-state index in [9.17, 15) is 0 Å². The lowest BCUT2D eigenvalue weighted by Crippen LogP contribution is -2.33. The number of fused-ring (bicyclic) bond motifs is 1. The third kappa shape index (κ3) is 8.70. The number of terminal acetylenes is 1. The number of hydrogen-bond donors (Lipinski definition) is 3. The van der Waals surface area contributed by atoms with E-state index in [0.717, 1.165) is 33.8 Å². The van der Waals surface area contributed by atoms with Gasteiger partial charge in [0.15, 0.2) is 0 Å². The largest absolute Gasteiger partial charge is 0.362 e. The van der Waals surface area contributed by atoms with Crippen LogP contribution in [0.15, 0.2) is 169 Å². The Morgan fingerprint density at radius 3 is 2.32 bits per heavy atom. The highest BCUT2D eigenvalue weighted by Crippen LogP contribution is 2.31. The lowest BCUT2D eigenvalue weighted by Gasteiger charge is -2.12. The molecule has 1 aliphatic heterocycles. The lowest BCUT2D eigenvalue weighted by atomic mass is 9.98. The molecule has 1 atom stereocenters. The van der Waals surface area contributed by atoms with Crippen molar-refractivity contribution >= 4 is 22.7 Å². The molecule has 1 unspecified atom stereocenters. The molecule has 5 rings (SSSR count). The SMILES string of the molecule is C#CC1=C(/C=C\C)NNC1C(/C=C\C=C)=C/C.C=C(/C=C\Nc1ccccc1)/C=C\c1c(C)c2cc(C)ccc2n1-c1ccccc1. The first-order valence-electron chi connectivity index (χ1n) is 15.7. The number of anilines is 1. The van der Waals surface area contributed by atoms with Gasteiger partial charge >= 0.3 is 0 Å². The van der Waals surface area contributed by atoms with E-state index >= 15 is 0 Å². The van der Waals surface area contributed by atoms with Crippen LogP contribution < -0.4 is 16.2 Å². The molecule has 0 saturated heterocycles. The number of aromatic nitrogens is 1. The summed E-state index contributed by atoms with van der Waals surface area (Å²) in [4.78, 5) is 0. The van der Waals surface area contributed by atoms with Crippen LogP contribution in [0, 0.1) is 26.2 Å². The van der Waals surface area contributed by atoms with Crippen molar-refractivity contribution in [1.82, 2.24) is 15.4 Å². The summed E-state index contributed by atoms with van der Waals surface area (Å²) in [5, 5.41) is 4.55. The maximum Gasteiger partial charge on any atom is 0.0856 e. The molecule has 1 aliphatic rings. The number of hydrogen-bond acceptors (Lipinski definition) is 3. The molecule has 4 aromatic rings. The fraction of sp³-hybridized carbons (Fsp3) is 0.116. The fourth-order valence-electron chi connectivity index (χ4n) is 5.35. The molecule has 47 heavy (non-hydrogen) atoms. The predicted molar refractivity (Wildman–Crippen MR) is 204 cm³/mol. The average Bonchev–Trinajstić information content (AvgIpc) is 3.62. The zero-order valence-electron chi connectivity index (χ0n) is 27.8. The molecule has 0 saturated carbocycles. The van der Waals surface area contributed by atoms with Crippen molar-refractivity contribution in [3.05, 3.63) is 186 Å². The molecule has 0 fully saturated rings. The maximum atomic E-state index is 5.57. The van der Waals surface area contributed by atoms with Gasteiger partial charge in [-0.25, -0.2) is 5.43 Å². The summed E-state index contributed by atoms with van der Waals surface area (Å²) in [6.45, 7) is 16.1. The van der Waals surface area contributed by atoms with Crippen LogP contribution in [0.5, 0.6) is 0 Å². The topological polar surface area (TPSA) is 41.0 Å². The van der Waals surface area contributed by atoms with Crippen LogP contribution >= 0.6 is 0 Å². The molecule has 1 aromatic heterocycles. The normalized spacial score (nSPS) is 15.0. The highest BCUT2D eigenvalue weighted by Gasteiger charge is 2.24. The number of hydrazine groups is 1. The lowest BCUT2D eigenvalue weighted by molar-refractivity contribution is 0.629. The summed E-state index contributed by atoms with van der Waals surface area (Å²) in [5.41, 5.74) is 17.3. The molecule has 0 spiro atoms. The molecule has 2 heterocycles. The van der Waals surface area contributed by atoms with E-state index in [4.69, 9.17) is 6.42 Å². The minimum atomic E-state index is 0.0207. The maximum absolute atomic E-state index is 5.57. The van der Waals surface area contributed by atoms with Crippen molar-refractivity contribution in [3.63, 3.8) is 0 Å². The van der Waals surface area contributed by atoms with E-state index in [1.165, 1.54) is 27.7 Å². The van der Waals surface area contributed by atoms with Crippen LogP contribution in [0.2, 0.25) is 0 Å². The van der Waals surface area contributed by atoms with Gasteiger partial charge in [-0.1, -0.05) is 104 Å². The Hall–Kier alpha value is -5.76. The van der Waals surface area contributed by atoms with Crippen LogP contribution in [0.25, 0.3) is 22.7 Å². The van der Waals surface area contributed by atoms with Crippen molar-refractivity contribution in [2.45, 2.75) is 33.7 Å². The van der Waals surface area contributed by atoms with Crippen molar-refractivity contribution in [3.8, 4) is 18.0 Å². The van der Waals surface area contributed by atoms with Crippen molar-refractivity contribution in [2.24, 2.45) is 0 Å². The molecule has 0 bridgehead atoms. The monoisotopic (exact) mass is 616 g/mol. The number of benzene rings is 3. The Morgan fingerprint density at radius 2 is 1.66 bits per heavy atom. The average molecular weight is 617 g/mol. The molecular formula is C43H44N4. The van der Waals surface area contributed by atoms with Crippen molar-refractivity contribution in [2.75, 3.05) is 5.32 Å². The molecule has 4 heteroatoms. The fourth-order valence-corrected chi connectivity index (χ4v) is 5.35. The minimum absolute atomic E-state index is 0.0207. The number of nitrogens with zero attached hydrogens (tertiary/aromatic N) is 1. The third-order valence-electron chi connectivity index (χ3n) is 7.72. The summed E-state index contributed by atoms with van der Waals surface area (Å²) in [7, 11) is 0. The van der Waals surface area contributed by atoms with Gasteiger partial charge < -0.3 is 15.3 Å². The van der Waals surface area contributed by atoms with Gasteiger partial charge in [-0.15, -0.1) is 6.42 Å². The smallest absolute Gasteiger partial charge is 0.0856 e. The number of nitrogens with one attached hydrogen (secondary N) is 3. The second-order valence-corrected chi connectivity index (χ2v) is 11.0. The Bertz CT molecular complexity index is 1920. The molecule has 0 radical (unpaired) electrons. The van der Waals surface area contributed by atoms with E-state index in [2.05, 4.69) is 108 Å². The standard InChI is InChI=1S/C28H26N2.C15H18N2/c1-21(18-19-29-24-10-6-4-7-11-24)14-16-27-23(3)26-20-22(2)15-17-28(26)30(27)25-12-8-5-9-13-25;1-5-9-11-12(7-3)15-13(8-4)14(10-6-2)16-17-15/h4-20,29H,1H2,2-3H3;4-7,9-11,15-17H,1H2,2-3H3/b16-14-,19-18-;10-6-,11-9-,12-7+. The summed E-state index contributed by atoms with van der Waals surface area (Å²) in [5.74, 6) is 2.74. The number of allylic oxidation sites excluding steroid dienone is 8. The Balaban J connectivity index is 0.000000251. The zero-order valence-corrected chi connectivity index (χ0v) is 27.8. The van der Waals surface area contributed by atoms with Gasteiger partial charge in [0, 0.05) is 34.2 Å². The van der Waals surface area contributed by atoms with Crippen LogP contribution in [-0.2, 0) is 0 Å². The Labute approximate surface area is 280 Å². The predicted octanol–water partition coefficient (Wildman–Crippen LogP) is 10.1. The Kier molecular flexibility index (Phi) is 12.4. The summed E-state index contributed by atoms with van der Waals surface area (Å²) in [6.07, 6.45) is 25.3. The van der Waals surface area contributed by atoms with E-state index in [1.54, 1.807) is 6.08 Å². The summed E-state index contributed by atoms with van der Waals surface area (Å²) >= 11 is 0. The summed E-state index contributed by atoms with van der Waals surface area (Å²) in [6, 6.07) is 27.3. The van der Waals surface area contributed by atoms with Crippen molar-refractivity contribution < 1.29 is 0 Å². The highest BCUT2D eigenvalue weighted by atomic mass is 15.4. The first-order valence-corrected chi connectivity index (χ1v) is 15.7. The summed E-state index contributed by atoms with van der Waals surface area (Å²) < 4.78 is 2.32. The number of rotatable bonds is 10. The van der Waals surface area contributed by atoms with Gasteiger partial charge in [0.1, 0.15) is 0 Å². The van der Waals surface area contributed by atoms with E-state index in [0.29, 0.717) is 0 Å². The van der Waals surface area contributed by atoms with E-state index in [-0.39, 0.29) is 6.04 Å². The second-order valence-electron chi connectivity index (χ2n) is 11.0. The first-order chi connectivity index (χ1) is 22.9. The van der Waals surface area contributed by atoms with Gasteiger partial charge in [0.2, 0.25) is 0 Å². The molecule has 0 amide bonds. The molecule has 3 aromatic carbocycles. The molecule has 236 valence electrons. The van der Waals surface area contributed by atoms with E-state index < -0.39 is 0 Å². The van der Waals surface area contributed by atoms with Gasteiger partial charge in [0.05, 0.1) is 17.3 Å². The molecule has 0 aliphatic carbocycles. The van der Waals surface area contributed by atoms with Crippen LogP contribution in [-0.4, -0.2) is 10.6 Å². The van der Waals surface area contributed by atoms with Gasteiger partial charge in [0.25, 0.3) is 0 Å². The number of aryl methyl sites for hydroxylation is 2. The first kappa shape index (κ1) is 34.1. The van der Waals surface area contributed by atoms with Gasteiger partial charge in [-0.2, -0.15) is 0 Å². The molecule has 4 nitrogen and oxygen atoms in total. The zero-order chi connectivity index (χ0) is 33.6. The highest BCUT2D eigenvalue weighted by molar-refractivity contribution is 5.90. The Morgan fingerprint density at radius 1 is 0.936 bits per heavy atom. The molecular weight excluding hydrogens is 573 g/mol. The van der Waals surface area contributed by atoms with Gasteiger partial charge in [-0.05, 0) is 99.0 Å². The van der Waals surface area contributed by atoms with E-state index in [1.807, 2.05) is 92.9 Å². The van der Waals surface area contributed by atoms with Crippen LogP contribution in [0.4, 0.5) is 5.69 Å². The quantitative estimate of drug-likeness (QED) is 0.123.